The van der Waals surface area contributed by atoms with E-state index in [-0.39, 0.29) is 0 Å². The number of hydrogen-bond acceptors (Lipinski definition) is 3. The van der Waals surface area contributed by atoms with Gasteiger partial charge in [-0.3, -0.25) is 9.67 Å². The zero-order valence-corrected chi connectivity index (χ0v) is 8.35. The van der Waals surface area contributed by atoms with Crippen LogP contribution in [0.25, 0.3) is 11.3 Å². The van der Waals surface area contributed by atoms with Crippen molar-refractivity contribution in [2.45, 2.75) is 13.1 Å². The Hall–Kier alpha value is -1.68. The predicted molar refractivity (Wildman–Crippen MR) is 57.2 cm³/mol. The van der Waals surface area contributed by atoms with Crippen molar-refractivity contribution in [3.8, 4) is 11.3 Å². The molecular weight excluding hydrogens is 188 g/mol. The van der Waals surface area contributed by atoms with Gasteiger partial charge in [-0.05, 0) is 18.2 Å². The van der Waals surface area contributed by atoms with Crippen LogP contribution in [0.4, 0.5) is 0 Å². The van der Waals surface area contributed by atoms with Gasteiger partial charge < -0.3 is 5.32 Å². The molecule has 2 aromatic rings. The van der Waals surface area contributed by atoms with Crippen molar-refractivity contribution in [1.29, 1.82) is 0 Å². The van der Waals surface area contributed by atoms with E-state index in [4.69, 9.17) is 0 Å². The molecule has 0 unspecified atom stereocenters. The molecule has 0 bridgehead atoms. The van der Waals surface area contributed by atoms with Crippen LogP contribution in [-0.2, 0) is 13.1 Å². The van der Waals surface area contributed by atoms with Crippen LogP contribution in [0.1, 0.15) is 5.69 Å². The van der Waals surface area contributed by atoms with Crippen molar-refractivity contribution >= 4 is 0 Å². The van der Waals surface area contributed by atoms with Gasteiger partial charge in [-0.25, -0.2) is 0 Å². The number of aromatic nitrogens is 3. The Labute approximate surface area is 88.0 Å². The summed E-state index contributed by atoms with van der Waals surface area (Å²) in [6.45, 7) is 2.87. The van der Waals surface area contributed by atoms with E-state index in [1.54, 1.807) is 6.20 Å². The molecule has 0 aliphatic carbocycles. The first-order chi connectivity index (χ1) is 7.43. The first-order valence-electron chi connectivity index (χ1n) is 5.11. The molecule has 0 radical (unpaired) electrons. The summed E-state index contributed by atoms with van der Waals surface area (Å²) in [5.41, 5.74) is 3.35. The third-order valence-corrected chi connectivity index (χ3v) is 2.63. The Morgan fingerprint density at radius 2 is 2.40 bits per heavy atom. The highest BCUT2D eigenvalue weighted by atomic mass is 15.3. The van der Waals surface area contributed by atoms with Crippen LogP contribution in [-0.4, -0.2) is 21.3 Å². The van der Waals surface area contributed by atoms with Gasteiger partial charge in [-0.15, -0.1) is 0 Å². The van der Waals surface area contributed by atoms with E-state index in [1.165, 1.54) is 5.69 Å². The van der Waals surface area contributed by atoms with Gasteiger partial charge >= 0.3 is 0 Å². The van der Waals surface area contributed by atoms with Crippen LogP contribution < -0.4 is 5.32 Å². The number of fused-ring (bicyclic) bond motifs is 1. The van der Waals surface area contributed by atoms with Crippen LogP contribution in [0.3, 0.4) is 0 Å². The maximum atomic E-state index is 4.56. The average Bonchev–Trinajstić information content (AvgIpc) is 2.74. The second-order valence-corrected chi connectivity index (χ2v) is 3.66. The number of rotatable bonds is 1. The Bertz CT molecular complexity index is 437. The summed E-state index contributed by atoms with van der Waals surface area (Å²) in [6, 6.07) is 6.10. The Morgan fingerprint density at radius 1 is 1.40 bits per heavy atom. The second kappa shape index (κ2) is 3.47. The molecule has 3 heterocycles. The molecule has 3 rings (SSSR count). The third-order valence-electron chi connectivity index (χ3n) is 2.63. The lowest BCUT2D eigenvalue weighted by atomic mass is 10.2. The van der Waals surface area contributed by atoms with Crippen LogP contribution >= 0.6 is 0 Å². The third kappa shape index (κ3) is 1.53. The zero-order valence-electron chi connectivity index (χ0n) is 8.35. The predicted octanol–water partition coefficient (Wildman–Crippen LogP) is 1.05. The van der Waals surface area contributed by atoms with Gasteiger partial charge in [0.05, 0.1) is 17.9 Å². The van der Waals surface area contributed by atoms with Crippen molar-refractivity contribution in [2.75, 3.05) is 6.54 Å². The van der Waals surface area contributed by atoms with Gasteiger partial charge in [-0.2, -0.15) is 5.10 Å². The van der Waals surface area contributed by atoms with Crippen LogP contribution in [0, 0.1) is 0 Å². The molecule has 2 aromatic heterocycles. The smallest absolute Gasteiger partial charge is 0.0942 e. The number of nitrogens with zero attached hydrogens (tertiary/aromatic N) is 3. The summed E-state index contributed by atoms with van der Waals surface area (Å²) >= 11 is 0. The summed E-state index contributed by atoms with van der Waals surface area (Å²) in [5, 5.41) is 7.89. The van der Waals surface area contributed by atoms with Gasteiger partial charge in [-0.1, -0.05) is 0 Å². The zero-order chi connectivity index (χ0) is 10.1. The molecule has 76 valence electrons. The van der Waals surface area contributed by atoms with Gasteiger partial charge in [0.25, 0.3) is 0 Å². The second-order valence-electron chi connectivity index (χ2n) is 3.66. The highest BCUT2D eigenvalue weighted by Crippen LogP contribution is 2.18. The van der Waals surface area contributed by atoms with Crippen molar-refractivity contribution in [3.05, 3.63) is 36.3 Å². The van der Waals surface area contributed by atoms with Gasteiger partial charge in [0.15, 0.2) is 0 Å². The summed E-state index contributed by atoms with van der Waals surface area (Å²) < 4.78 is 2.07. The van der Waals surface area contributed by atoms with E-state index >= 15 is 0 Å². The lowest BCUT2D eigenvalue weighted by Gasteiger charge is -2.13. The lowest BCUT2D eigenvalue weighted by Crippen LogP contribution is -2.28. The molecule has 0 saturated heterocycles. The fraction of sp³-hybridized carbons (Fsp3) is 0.273. The van der Waals surface area contributed by atoms with E-state index in [0.29, 0.717) is 0 Å². The summed E-state index contributed by atoms with van der Waals surface area (Å²) in [7, 11) is 0. The Balaban J connectivity index is 2.03. The first-order valence-corrected chi connectivity index (χ1v) is 5.11. The summed E-state index contributed by atoms with van der Waals surface area (Å²) in [5.74, 6) is 0. The normalized spacial score (nSPS) is 14.9. The molecule has 4 nitrogen and oxygen atoms in total. The molecule has 1 aliphatic heterocycles. The summed E-state index contributed by atoms with van der Waals surface area (Å²) in [4.78, 5) is 4.10. The van der Waals surface area contributed by atoms with Gasteiger partial charge in [0.2, 0.25) is 0 Å². The van der Waals surface area contributed by atoms with Gasteiger partial charge in [0, 0.05) is 31.0 Å². The molecule has 1 N–H and O–H groups in total. The van der Waals surface area contributed by atoms with E-state index in [2.05, 4.69) is 26.1 Å². The van der Waals surface area contributed by atoms with E-state index in [1.807, 2.05) is 18.3 Å². The molecule has 4 heteroatoms. The topological polar surface area (TPSA) is 42.7 Å². The fourth-order valence-corrected chi connectivity index (χ4v) is 1.85. The van der Waals surface area contributed by atoms with Crippen LogP contribution in [0.5, 0.6) is 0 Å². The van der Waals surface area contributed by atoms with E-state index in [0.717, 1.165) is 30.9 Å². The maximum absolute atomic E-state index is 4.56. The molecular formula is C11H12N4. The summed E-state index contributed by atoms with van der Waals surface area (Å²) in [6.07, 6.45) is 3.63. The monoisotopic (exact) mass is 200 g/mol. The molecule has 0 amide bonds. The number of hydrogen-bond donors (Lipinski definition) is 1. The molecule has 0 aromatic carbocycles. The molecule has 15 heavy (non-hydrogen) atoms. The quantitative estimate of drug-likeness (QED) is 0.748. The highest BCUT2D eigenvalue weighted by Gasteiger charge is 2.12. The Morgan fingerprint density at radius 3 is 3.20 bits per heavy atom. The standard InChI is InChI=1S/C11H12N4/c1-2-9(7-12-3-1)11-6-10-8-13-4-5-15(10)14-11/h1-3,6-7,13H,4-5,8H2. The minimum absolute atomic E-state index is 0.910. The minimum atomic E-state index is 0.910. The largest absolute Gasteiger partial charge is 0.309 e. The Kier molecular flexibility index (Phi) is 1.99. The molecule has 0 spiro atoms. The molecule has 0 atom stereocenters. The fourth-order valence-electron chi connectivity index (χ4n) is 1.85. The van der Waals surface area contributed by atoms with Crippen molar-refractivity contribution in [1.82, 2.24) is 20.1 Å². The number of pyridine rings is 1. The van der Waals surface area contributed by atoms with E-state index < -0.39 is 0 Å². The van der Waals surface area contributed by atoms with Gasteiger partial charge in [0.1, 0.15) is 0 Å². The van der Waals surface area contributed by atoms with Crippen molar-refractivity contribution < 1.29 is 0 Å². The van der Waals surface area contributed by atoms with E-state index in [9.17, 15) is 0 Å². The average molecular weight is 200 g/mol. The SMILES string of the molecule is c1cncc(-c2cc3n(n2)CCNC3)c1. The molecule has 0 saturated carbocycles. The highest BCUT2D eigenvalue weighted by molar-refractivity contribution is 5.57. The first kappa shape index (κ1) is 8.61. The lowest BCUT2D eigenvalue weighted by molar-refractivity contribution is 0.476. The van der Waals surface area contributed by atoms with Crippen molar-refractivity contribution in [2.24, 2.45) is 0 Å². The van der Waals surface area contributed by atoms with Crippen molar-refractivity contribution in [3.63, 3.8) is 0 Å². The maximum Gasteiger partial charge on any atom is 0.0942 e. The minimum Gasteiger partial charge on any atom is -0.309 e. The molecule has 0 fully saturated rings. The van der Waals surface area contributed by atoms with Crippen LogP contribution in [0.15, 0.2) is 30.6 Å². The molecule has 1 aliphatic rings. The number of nitrogens with one attached hydrogen (secondary N) is 1. The van der Waals surface area contributed by atoms with Crippen LogP contribution in [0.2, 0.25) is 0 Å².